The zero-order valence-electron chi connectivity index (χ0n) is 10.4. The third kappa shape index (κ3) is 3.51. The van der Waals surface area contributed by atoms with Crippen LogP contribution in [0.25, 0.3) is 0 Å². The predicted molar refractivity (Wildman–Crippen MR) is 67.2 cm³/mol. The van der Waals surface area contributed by atoms with Gasteiger partial charge < -0.3 is 20.3 Å². The maximum Gasteiger partial charge on any atom is 0.347 e. The number of thiazole rings is 1. The summed E-state index contributed by atoms with van der Waals surface area (Å²) >= 11 is 1.03. The fourth-order valence-corrected chi connectivity index (χ4v) is 2.22. The monoisotopic (exact) mass is 297 g/mol. The SMILES string of the molecule is Cc1nc(CNC(=O)NCc2ncon2)sc1C(=O)O. The first kappa shape index (κ1) is 13.9. The van der Waals surface area contributed by atoms with Crippen molar-refractivity contribution in [3.63, 3.8) is 0 Å². The standard InChI is InChI=1S/C10H11N5O4S/c1-5-8(9(16)17)20-7(14-5)3-12-10(18)11-2-6-13-4-19-15-6/h4H,2-3H2,1H3,(H,16,17)(H2,11,12,18). The molecule has 0 aromatic carbocycles. The Bertz CT molecular complexity index is 609. The maximum absolute atomic E-state index is 11.5. The van der Waals surface area contributed by atoms with E-state index in [-0.39, 0.29) is 18.0 Å². The van der Waals surface area contributed by atoms with Crippen molar-refractivity contribution in [3.05, 3.63) is 27.8 Å². The Morgan fingerprint density at radius 2 is 2.15 bits per heavy atom. The van der Waals surface area contributed by atoms with Gasteiger partial charge in [0, 0.05) is 0 Å². The lowest BCUT2D eigenvalue weighted by Crippen LogP contribution is -2.34. The molecule has 0 aliphatic heterocycles. The molecular weight excluding hydrogens is 286 g/mol. The Labute approximate surface area is 117 Å². The lowest BCUT2D eigenvalue weighted by Gasteiger charge is -2.03. The molecule has 0 aliphatic rings. The molecule has 2 amide bonds. The quantitative estimate of drug-likeness (QED) is 0.733. The van der Waals surface area contributed by atoms with E-state index in [4.69, 9.17) is 5.11 Å². The fraction of sp³-hybridized carbons (Fsp3) is 0.300. The Balaban J connectivity index is 1.81. The summed E-state index contributed by atoms with van der Waals surface area (Å²) in [4.78, 5) is 30.3. The highest BCUT2D eigenvalue weighted by molar-refractivity contribution is 7.13. The normalized spacial score (nSPS) is 10.2. The van der Waals surface area contributed by atoms with E-state index in [9.17, 15) is 9.59 Å². The van der Waals surface area contributed by atoms with E-state index in [2.05, 4.69) is 30.3 Å². The molecule has 10 heteroatoms. The van der Waals surface area contributed by atoms with E-state index in [1.807, 2.05) is 0 Å². The number of rotatable bonds is 5. The highest BCUT2D eigenvalue weighted by Crippen LogP contribution is 2.17. The lowest BCUT2D eigenvalue weighted by molar-refractivity contribution is 0.0701. The van der Waals surface area contributed by atoms with Crippen molar-refractivity contribution < 1.29 is 19.2 Å². The van der Waals surface area contributed by atoms with Crippen LogP contribution >= 0.6 is 11.3 Å². The number of carbonyl (C=O) groups is 2. The predicted octanol–water partition coefficient (Wildman–Crippen LogP) is 0.532. The molecule has 2 aromatic heterocycles. The third-order valence-electron chi connectivity index (χ3n) is 2.25. The number of nitrogens with one attached hydrogen (secondary N) is 2. The molecule has 0 saturated heterocycles. The van der Waals surface area contributed by atoms with Gasteiger partial charge in [-0.05, 0) is 6.92 Å². The van der Waals surface area contributed by atoms with Gasteiger partial charge in [-0.15, -0.1) is 11.3 Å². The van der Waals surface area contributed by atoms with Crippen LogP contribution in [0.4, 0.5) is 4.79 Å². The van der Waals surface area contributed by atoms with E-state index < -0.39 is 12.0 Å². The van der Waals surface area contributed by atoms with Crippen molar-refractivity contribution in [2.75, 3.05) is 0 Å². The maximum atomic E-state index is 11.5. The number of carboxylic acids is 1. The highest BCUT2D eigenvalue weighted by Gasteiger charge is 2.14. The molecule has 0 bridgehead atoms. The topological polar surface area (TPSA) is 130 Å². The highest BCUT2D eigenvalue weighted by atomic mass is 32.1. The molecule has 0 atom stereocenters. The average molecular weight is 297 g/mol. The minimum Gasteiger partial charge on any atom is -0.477 e. The van der Waals surface area contributed by atoms with E-state index in [1.54, 1.807) is 6.92 Å². The van der Waals surface area contributed by atoms with Crippen LogP contribution in [0.15, 0.2) is 10.9 Å². The van der Waals surface area contributed by atoms with Crippen LogP contribution in [-0.4, -0.2) is 32.2 Å². The smallest absolute Gasteiger partial charge is 0.347 e. The van der Waals surface area contributed by atoms with Crippen LogP contribution in [0.5, 0.6) is 0 Å². The number of aryl methyl sites for hydroxylation is 1. The molecule has 0 fully saturated rings. The average Bonchev–Trinajstić information content (AvgIpc) is 3.03. The van der Waals surface area contributed by atoms with Gasteiger partial charge in [0.15, 0.2) is 5.82 Å². The Hall–Kier alpha value is -2.49. The number of carbonyl (C=O) groups excluding carboxylic acids is 1. The first-order valence-electron chi connectivity index (χ1n) is 5.53. The third-order valence-corrected chi connectivity index (χ3v) is 3.39. The Kier molecular flexibility index (Phi) is 4.25. The second-order valence-corrected chi connectivity index (χ2v) is 4.79. The molecule has 3 N–H and O–H groups in total. The second-order valence-electron chi connectivity index (χ2n) is 3.71. The number of carboxylic acid groups (broad SMARTS) is 1. The van der Waals surface area contributed by atoms with Gasteiger partial charge in [-0.3, -0.25) is 0 Å². The number of hydrogen-bond donors (Lipinski definition) is 3. The molecule has 0 radical (unpaired) electrons. The summed E-state index contributed by atoms with van der Waals surface area (Å²) in [5.41, 5.74) is 0.437. The summed E-state index contributed by atoms with van der Waals surface area (Å²) < 4.78 is 4.52. The van der Waals surface area contributed by atoms with Crippen LogP contribution in [-0.2, 0) is 13.1 Å². The van der Waals surface area contributed by atoms with Crippen molar-refractivity contribution in [1.82, 2.24) is 25.8 Å². The molecular formula is C10H11N5O4S. The molecule has 2 rings (SSSR count). The Morgan fingerprint density at radius 1 is 1.40 bits per heavy atom. The van der Waals surface area contributed by atoms with Crippen molar-refractivity contribution in [2.45, 2.75) is 20.0 Å². The van der Waals surface area contributed by atoms with Crippen LogP contribution in [0.3, 0.4) is 0 Å². The number of aromatic carboxylic acids is 1. The fourth-order valence-electron chi connectivity index (χ4n) is 1.37. The van der Waals surface area contributed by atoms with Gasteiger partial charge in [0.1, 0.15) is 9.88 Å². The minimum absolute atomic E-state index is 0.138. The van der Waals surface area contributed by atoms with Crippen molar-refractivity contribution in [2.24, 2.45) is 0 Å². The van der Waals surface area contributed by atoms with Crippen molar-refractivity contribution >= 4 is 23.3 Å². The van der Waals surface area contributed by atoms with Gasteiger partial charge >= 0.3 is 12.0 Å². The van der Waals surface area contributed by atoms with Gasteiger partial charge in [-0.25, -0.2) is 14.6 Å². The number of hydrogen-bond acceptors (Lipinski definition) is 7. The molecule has 0 saturated carbocycles. The number of nitrogens with zero attached hydrogens (tertiary/aromatic N) is 3. The van der Waals surface area contributed by atoms with Gasteiger partial charge in [0.25, 0.3) is 0 Å². The van der Waals surface area contributed by atoms with Crippen LogP contribution < -0.4 is 10.6 Å². The zero-order valence-corrected chi connectivity index (χ0v) is 11.2. The number of urea groups is 1. The molecule has 0 spiro atoms. The van der Waals surface area contributed by atoms with Gasteiger partial charge in [-0.1, -0.05) is 5.16 Å². The lowest BCUT2D eigenvalue weighted by atomic mass is 10.4. The van der Waals surface area contributed by atoms with Crippen LogP contribution in [0, 0.1) is 6.92 Å². The zero-order chi connectivity index (χ0) is 14.5. The summed E-state index contributed by atoms with van der Waals surface area (Å²) in [6, 6.07) is -0.431. The minimum atomic E-state index is -1.02. The van der Waals surface area contributed by atoms with E-state index >= 15 is 0 Å². The largest absolute Gasteiger partial charge is 0.477 e. The van der Waals surface area contributed by atoms with Crippen molar-refractivity contribution in [1.29, 1.82) is 0 Å². The molecule has 2 heterocycles. The van der Waals surface area contributed by atoms with E-state index in [0.29, 0.717) is 16.5 Å². The molecule has 0 unspecified atom stereocenters. The molecule has 20 heavy (non-hydrogen) atoms. The molecule has 106 valence electrons. The summed E-state index contributed by atoms with van der Waals surface area (Å²) in [6.45, 7) is 1.90. The van der Waals surface area contributed by atoms with Crippen LogP contribution in [0.1, 0.15) is 26.2 Å². The van der Waals surface area contributed by atoms with Gasteiger partial charge in [0.2, 0.25) is 6.39 Å². The van der Waals surface area contributed by atoms with Crippen molar-refractivity contribution in [3.8, 4) is 0 Å². The first-order valence-corrected chi connectivity index (χ1v) is 6.34. The molecule has 0 aliphatic carbocycles. The molecule has 2 aromatic rings. The summed E-state index contributed by atoms with van der Waals surface area (Å²) in [5, 5.41) is 18.0. The van der Waals surface area contributed by atoms with Gasteiger partial charge in [0.05, 0.1) is 18.8 Å². The van der Waals surface area contributed by atoms with Crippen LogP contribution in [0.2, 0.25) is 0 Å². The van der Waals surface area contributed by atoms with E-state index in [1.165, 1.54) is 6.39 Å². The molecule has 9 nitrogen and oxygen atoms in total. The summed E-state index contributed by atoms with van der Waals surface area (Å²) in [6.07, 6.45) is 1.17. The van der Waals surface area contributed by atoms with Gasteiger partial charge in [-0.2, -0.15) is 4.98 Å². The number of aromatic nitrogens is 3. The Morgan fingerprint density at radius 3 is 2.75 bits per heavy atom. The summed E-state index contributed by atoms with van der Waals surface area (Å²) in [5.74, 6) is -0.661. The second kappa shape index (κ2) is 6.10. The van der Waals surface area contributed by atoms with E-state index in [0.717, 1.165) is 11.3 Å². The first-order chi connectivity index (χ1) is 9.56. The number of amides is 2. The summed E-state index contributed by atoms with van der Waals surface area (Å²) in [7, 11) is 0.